The monoisotopic (exact) mass is 339 g/mol. The molecule has 25 heavy (non-hydrogen) atoms. The van der Waals surface area contributed by atoms with Gasteiger partial charge in [0.15, 0.2) is 12.4 Å². The molecule has 0 saturated carbocycles. The maximum absolute atomic E-state index is 11.9. The highest BCUT2D eigenvalue weighted by Crippen LogP contribution is 2.22. The number of aromatic nitrogens is 2. The van der Waals surface area contributed by atoms with Gasteiger partial charge in [0.2, 0.25) is 0 Å². The van der Waals surface area contributed by atoms with Crippen LogP contribution in [-0.4, -0.2) is 21.0 Å². The van der Waals surface area contributed by atoms with Crippen molar-refractivity contribution in [3.8, 4) is 11.3 Å². The van der Waals surface area contributed by atoms with Gasteiger partial charge in [-0.25, -0.2) is 4.79 Å². The zero-order valence-electron chi connectivity index (χ0n) is 13.2. The molecule has 1 aromatic carbocycles. The lowest BCUT2D eigenvalue weighted by Crippen LogP contribution is -2.05. The van der Waals surface area contributed by atoms with E-state index in [-0.39, 0.29) is 12.3 Å². The molecule has 0 fully saturated rings. The molecule has 0 aliphatic rings. The minimum Gasteiger partial charge on any atom is -0.454 e. The SMILES string of the molecule is Cc1ccc(C(=O)OCc2cc(-c3ccc([N+](=O)[O-])cc3)no2)cn1. The highest BCUT2D eigenvalue weighted by molar-refractivity contribution is 5.88. The molecule has 0 atom stereocenters. The van der Waals surface area contributed by atoms with E-state index in [2.05, 4.69) is 10.1 Å². The van der Waals surface area contributed by atoms with Crippen molar-refractivity contribution >= 4 is 11.7 Å². The smallest absolute Gasteiger partial charge is 0.340 e. The zero-order valence-corrected chi connectivity index (χ0v) is 13.2. The molecule has 0 N–H and O–H groups in total. The van der Waals surface area contributed by atoms with E-state index in [0.717, 1.165) is 5.69 Å². The summed E-state index contributed by atoms with van der Waals surface area (Å²) in [4.78, 5) is 26.1. The van der Waals surface area contributed by atoms with Gasteiger partial charge in [0.1, 0.15) is 5.69 Å². The number of aryl methyl sites for hydroxylation is 1. The fraction of sp³-hybridized carbons (Fsp3) is 0.118. The Morgan fingerprint density at radius 2 is 2.00 bits per heavy atom. The van der Waals surface area contributed by atoms with Crippen molar-refractivity contribution < 1.29 is 19.0 Å². The molecular weight excluding hydrogens is 326 g/mol. The maximum atomic E-state index is 11.9. The number of hydrogen-bond donors (Lipinski definition) is 0. The molecule has 0 spiro atoms. The molecule has 0 radical (unpaired) electrons. The molecule has 0 aliphatic heterocycles. The molecule has 0 aliphatic carbocycles. The third kappa shape index (κ3) is 3.86. The Hall–Kier alpha value is -3.55. The van der Waals surface area contributed by atoms with Gasteiger partial charge in [-0.3, -0.25) is 15.1 Å². The van der Waals surface area contributed by atoms with E-state index in [1.54, 1.807) is 30.3 Å². The summed E-state index contributed by atoms with van der Waals surface area (Å²) in [6.07, 6.45) is 1.44. The third-order valence-corrected chi connectivity index (χ3v) is 3.43. The topological polar surface area (TPSA) is 108 Å². The van der Waals surface area contributed by atoms with E-state index in [1.165, 1.54) is 18.3 Å². The van der Waals surface area contributed by atoms with Gasteiger partial charge in [0.25, 0.3) is 5.69 Å². The lowest BCUT2D eigenvalue weighted by atomic mass is 10.1. The minimum absolute atomic E-state index is 0.00638. The summed E-state index contributed by atoms with van der Waals surface area (Å²) in [6, 6.07) is 10.9. The van der Waals surface area contributed by atoms with Gasteiger partial charge in [-0.1, -0.05) is 5.16 Å². The number of carbonyl (C=O) groups is 1. The van der Waals surface area contributed by atoms with Crippen molar-refractivity contribution in [1.82, 2.24) is 10.1 Å². The number of nitro groups is 1. The van der Waals surface area contributed by atoms with Crippen LogP contribution in [0.25, 0.3) is 11.3 Å². The van der Waals surface area contributed by atoms with E-state index in [0.29, 0.717) is 22.6 Å². The summed E-state index contributed by atoms with van der Waals surface area (Å²) in [6.45, 7) is 1.75. The highest BCUT2D eigenvalue weighted by Gasteiger charge is 2.12. The lowest BCUT2D eigenvalue weighted by molar-refractivity contribution is -0.384. The second-order valence-electron chi connectivity index (χ2n) is 5.25. The Morgan fingerprint density at radius 1 is 1.24 bits per heavy atom. The summed E-state index contributed by atoms with van der Waals surface area (Å²) in [5.74, 6) is -0.150. The van der Waals surface area contributed by atoms with Crippen LogP contribution in [0.15, 0.2) is 53.2 Å². The summed E-state index contributed by atoms with van der Waals surface area (Å²) < 4.78 is 10.3. The number of carbonyl (C=O) groups excluding carboxylic acids is 1. The normalized spacial score (nSPS) is 10.4. The van der Waals surface area contributed by atoms with E-state index in [1.807, 2.05) is 6.92 Å². The van der Waals surface area contributed by atoms with Gasteiger partial charge in [-0.15, -0.1) is 0 Å². The zero-order chi connectivity index (χ0) is 17.8. The standard InChI is InChI=1S/C17H13N3O5/c1-11-2-3-13(9-18-11)17(21)24-10-15-8-16(19-25-15)12-4-6-14(7-5-12)20(22)23/h2-9H,10H2,1H3. The van der Waals surface area contributed by atoms with Crippen LogP contribution in [0, 0.1) is 17.0 Å². The molecule has 3 aromatic rings. The fourth-order valence-electron chi connectivity index (χ4n) is 2.08. The predicted molar refractivity (Wildman–Crippen MR) is 86.7 cm³/mol. The molecule has 2 aromatic heterocycles. The Labute approximate surface area is 142 Å². The summed E-state index contributed by atoms with van der Waals surface area (Å²) >= 11 is 0. The Bertz CT molecular complexity index is 901. The average molecular weight is 339 g/mol. The third-order valence-electron chi connectivity index (χ3n) is 3.43. The second-order valence-corrected chi connectivity index (χ2v) is 5.25. The largest absolute Gasteiger partial charge is 0.454 e. The van der Waals surface area contributed by atoms with Crippen LogP contribution in [0.2, 0.25) is 0 Å². The number of pyridine rings is 1. The number of ether oxygens (including phenoxy) is 1. The van der Waals surface area contributed by atoms with Crippen LogP contribution in [0.1, 0.15) is 21.8 Å². The number of nitrogens with zero attached hydrogens (tertiary/aromatic N) is 3. The predicted octanol–water partition coefficient (Wildman–Crippen LogP) is 3.31. The first-order chi connectivity index (χ1) is 12.0. The van der Waals surface area contributed by atoms with Crippen molar-refractivity contribution in [3.05, 3.63) is 75.8 Å². The summed E-state index contributed by atoms with van der Waals surface area (Å²) in [7, 11) is 0. The molecule has 2 heterocycles. The first-order valence-electron chi connectivity index (χ1n) is 7.33. The quantitative estimate of drug-likeness (QED) is 0.398. The lowest BCUT2D eigenvalue weighted by Gasteiger charge is -2.02. The minimum atomic E-state index is -0.513. The molecule has 8 nitrogen and oxygen atoms in total. The van der Waals surface area contributed by atoms with Gasteiger partial charge in [0, 0.05) is 35.7 Å². The van der Waals surface area contributed by atoms with E-state index < -0.39 is 10.9 Å². The number of non-ortho nitro benzene ring substituents is 1. The van der Waals surface area contributed by atoms with Crippen molar-refractivity contribution in [2.24, 2.45) is 0 Å². The maximum Gasteiger partial charge on any atom is 0.340 e. The molecular formula is C17H13N3O5. The van der Waals surface area contributed by atoms with Crippen molar-refractivity contribution in [3.63, 3.8) is 0 Å². The van der Waals surface area contributed by atoms with Crippen molar-refractivity contribution in [2.45, 2.75) is 13.5 Å². The van der Waals surface area contributed by atoms with Crippen LogP contribution in [0.4, 0.5) is 5.69 Å². The number of esters is 1. The Kier molecular flexibility index (Phi) is 4.51. The van der Waals surface area contributed by atoms with Crippen LogP contribution in [0.5, 0.6) is 0 Å². The number of nitro benzene ring substituents is 1. The number of benzene rings is 1. The van der Waals surface area contributed by atoms with E-state index >= 15 is 0 Å². The first kappa shape index (κ1) is 16.3. The van der Waals surface area contributed by atoms with Gasteiger partial charge in [-0.2, -0.15) is 0 Å². The van der Waals surface area contributed by atoms with Gasteiger partial charge in [0.05, 0.1) is 10.5 Å². The Morgan fingerprint density at radius 3 is 2.64 bits per heavy atom. The van der Waals surface area contributed by atoms with E-state index in [4.69, 9.17) is 9.26 Å². The highest BCUT2D eigenvalue weighted by atomic mass is 16.6. The number of rotatable bonds is 5. The van der Waals surface area contributed by atoms with Crippen molar-refractivity contribution in [1.29, 1.82) is 0 Å². The molecule has 0 bridgehead atoms. The van der Waals surface area contributed by atoms with Gasteiger partial charge >= 0.3 is 5.97 Å². The Balaban J connectivity index is 1.64. The summed E-state index contributed by atoms with van der Waals surface area (Å²) in [5.41, 5.74) is 2.31. The van der Waals surface area contributed by atoms with Crippen LogP contribution in [0.3, 0.4) is 0 Å². The molecule has 3 rings (SSSR count). The van der Waals surface area contributed by atoms with Gasteiger partial charge < -0.3 is 9.26 Å². The second kappa shape index (κ2) is 6.91. The summed E-state index contributed by atoms with van der Waals surface area (Å²) in [5, 5.41) is 14.5. The van der Waals surface area contributed by atoms with Gasteiger partial charge in [-0.05, 0) is 31.2 Å². The molecule has 0 unspecified atom stereocenters. The van der Waals surface area contributed by atoms with Crippen LogP contribution >= 0.6 is 0 Å². The molecule has 126 valence electrons. The average Bonchev–Trinajstić information content (AvgIpc) is 3.09. The van der Waals surface area contributed by atoms with Crippen LogP contribution < -0.4 is 0 Å². The molecule has 0 saturated heterocycles. The number of hydrogen-bond acceptors (Lipinski definition) is 7. The molecule has 0 amide bonds. The van der Waals surface area contributed by atoms with Crippen LogP contribution in [-0.2, 0) is 11.3 Å². The molecule has 8 heteroatoms. The van der Waals surface area contributed by atoms with Crippen molar-refractivity contribution in [2.75, 3.05) is 0 Å². The first-order valence-corrected chi connectivity index (χ1v) is 7.33. The van der Waals surface area contributed by atoms with E-state index in [9.17, 15) is 14.9 Å². The fourth-order valence-corrected chi connectivity index (χ4v) is 2.08.